The maximum Gasteiger partial charge on any atom is 0.327 e. The molecule has 6 atom stereocenters. The van der Waals surface area contributed by atoms with Crippen molar-refractivity contribution in [2.75, 3.05) is 12.3 Å². The van der Waals surface area contributed by atoms with Crippen LogP contribution in [0.1, 0.15) is 66.2 Å². The summed E-state index contributed by atoms with van der Waals surface area (Å²) in [5, 5.41) is 36.9. The van der Waals surface area contributed by atoms with Crippen LogP contribution in [-0.2, 0) is 38.4 Å². The summed E-state index contributed by atoms with van der Waals surface area (Å²) >= 11 is 3.94. The second-order valence-corrected chi connectivity index (χ2v) is 11.4. The fourth-order valence-electron chi connectivity index (χ4n) is 4.52. The molecule has 0 aromatic heterocycles. The van der Waals surface area contributed by atoms with Gasteiger partial charge in [0.05, 0.1) is 12.8 Å². The first-order valence-corrected chi connectivity index (χ1v) is 14.9. The summed E-state index contributed by atoms with van der Waals surface area (Å²) in [6.07, 6.45) is -0.726. The van der Waals surface area contributed by atoms with E-state index in [2.05, 4.69) is 33.9 Å². The number of thiol groups is 1. The van der Waals surface area contributed by atoms with Crippen LogP contribution in [0, 0.1) is 11.8 Å². The highest BCUT2D eigenvalue weighted by molar-refractivity contribution is 7.80. The summed E-state index contributed by atoms with van der Waals surface area (Å²) in [5.41, 5.74) is 0. The van der Waals surface area contributed by atoms with Crippen molar-refractivity contribution in [1.29, 1.82) is 0 Å². The first-order valence-electron chi connectivity index (χ1n) is 14.3. The SMILES string of the molecule is CC[C@H](C)[C@H](NC(=O)[C@H](CC(=O)O)NC(=O)CCC(=O)O)C(=O)N[C@H](C(=O)N1CCC[C@H]1C(=O)N[C@@H](CS)C(=O)O)C(C)C. The Morgan fingerprint density at radius 2 is 1.43 bits per heavy atom. The molecule has 17 heteroatoms. The predicted molar refractivity (Wildman–Crippen MR) is 157 cm³/mol. The summed E-state index contributed by atoms with van der Waals surface area (Å²) in [5.74, 6) is -8.94. The first kappa shape index (κ1) is 38.1. The smallest absolute Gasteiger partial charge is 0.327 e. The Kier molecular flexibility index (Phi) is 15.6. The van der Waals surface area contributed by atoms with Gasteiger partial charge in [0.2, 0.25) is 29.5 Å². The van der Waals surface area contributed by atoms with E-state index in [0.29, 0.717) is 12.8 Å². The van der Waals surface area contributed by atoms with Crippen molar-refractivity contribution in [1.82, 2.24) is 26.2 Å². The number of amides is 5. The maximum absolute atomic E-state index is 13.6. The lowest BCUT2D eigenvalue weighted by molar-refractivity contribution is -0.145. The van der Waals surface area contributed by atoms with Crippen LogP contribution in [0.4, 0.5) is 0 Å². The minimum Gasteiger partial charge on any atom is -0.481 e. The molecule has 0 unspecified atom stereocenters. The number of carbonyl (C=O) groups is 8. The van der Waals surface area contributed by atoms with Gasteiger partial charge in [-0.2, -0.15) is 12.6 Å². The number of nitrogens with zero attached hydrogens (tertiary/aromatic N) is 1. The van der Waals surface area contributed by atoms with E-state index in [-0.39, 0.29) is 18.7 Å². The van der Waals surface area contributed by atoms with Crippen molar-refractivity contribution in [3.8, 4) is 0 Å². The zero-order valence-electron chi connectivity index (χ0n) is 25.2. The van der Waals surface area contributed by atoms with Crippen LogP contribution in [0.15, 0.2) is 0 Å². The molecule has 1 rings (SSSR count). The normalized spacial score (nSPS) is 17.9. The van der Waals surface area contributed by atoms with Crippen LogP contribution in [0.3, 0.4) is 0 Å². The van der Waals surface area contributed by atoms with Gasteiger partial charge in [-0.25, -0.2) is 4.79 Å². The lowest BCUT2D eigenvalue weighted by Crippen LogP contribution is -2.61. The number of hydrogen-bond donors (Lipinski definition) is 8. The van der Waals surface area contributed by atoms with Gasteiger partial charge in [-0.05, 0) is 24.7 Å². The molecule has 1 aliphatic rings. The summed E-state index contributed by atoms with van der Waals surface area (Å²) in [4.78, 5) is 100.0. The van der Waals surface area contributed by atoms with Gasteiger partial charge < -0.3 is 41.5 Å². The van der Waals surface area contributed by atoms with Gasteiger partial charge in [0.25, 0.3) is 0 Å². The molecular formula is C27H43N5O11S. The molecule has 0 spiro atoms. The highest BCUT2D eigenvalue weighted by Gasteiger charge is 2.41. The van der Waals surface area contributed by atoms with Gasteiger partial charge in [0.1, 0.15) is 30.2 Å². The van der Waals surface area contributed by atoms with Crippen molar-refractivity contribution in [3.63, 3.8) is 0 Å². The Bertz CT molecular complexity index is 1100. The predicted octanol–water partition coefficient (Wildman–Crippen LogP) is -1.03. The topological polar surface area (TPSA) is 249 Å². The molecule has 1 saturated heterocycles. The number of aliphatic carboxylic acids is 3. The van der Waals surface area contributed by atoms with E-state index < -0.39 is 109 Å². The Balaban J connectivity index is 3.14. The second kappa shape index (κ2) is 18.0. The molecule has 0 radical (unpaired) electrons. The molecule has 0 bridgehead atoms. The van der Waals surface area contributed by atoms with Crippen LogP contribution in [-0.4, -0.2) is 110 Å². The number of hydrogen-bond acceptors (Lipinski definition) is 9. The van der Waals surface area contributed by atoms with E-state index in [4.69, 9.17) is 5.11 Å². The van der Waals surface area contributed by atoms with E-state index in [1.807, 2.05) is 0 Å². The molecule has 0 aromatic carbocycles. The molecule has 0 aliphatic carbocycles. The van der Waals surface area contributed by atoms with Gasteiger partial charge in [0, 0.05) is 18.7 Å². The molecule has 7 N–H and O–H groups in total. The third kappa shape index (κ3) is 11.7. The number of likely N-dealkylation sites (tertiary alicyclic amines) is 1. The second-order valence-electron chi connectivity index (χ2n) is 11.0. The maximum atomic E-state index is 13.6. The molecule has 248 valence electrons. The van der Waals surface area contributed by atoms with Crippen LogP contribution >= 0.6 is 12.6 Å². The fraction of sp³-hybridized carbons (Fsp3) is 0.704. The Labute approximate surface area is 260 Å². The van der Waals surface area contributed by atoms with Gasteiger partial charge in [0.15, 0.2) is 0 Å². The summed E-state index contributed by atoms with van der Waals surface area (Å²) in [6, 6.07) is -6.21. The van der Waals surface area contributed by atoms with E-state index in [1.165, 1.54) is 4.90 Å². The number of rotatable bonds is 18. The Morgan fingerprint density at radius 3 is 1.93 bits per heavy atom. The molecule has 0 saturated carbocycles. The first-order chi connectivity index (χ1) is 20.5. The summed E-state index contributed by atoms with van der Waals surface area (Å²) < 4.78 is 0. The highest BCUT2D eigenvalue weighted by Crippen LogP contribution is 2.21. The summed E-state index contributed by atoms with van der Waals surface area (Å²) in [6.45, 7) is 6.92. The lowest BCUT2D eigenvalue weighted by Gasteiger charge is -2.33. The lowest BCUT2D eigenvalue weighted by atomic mass is 9.95. The van der Waals surface area contributed by atoms with Crippen molar-refractivity contribution < 1.29 is 53.7 Å². The number of carbonyl (C=O) groups excluding carboxylic acids is 5. The van der Waals surface area contributed by atoms with Crippen molar-refractivity contribution in [3.05, 3.63) is 0 Å². The molecular weight excluding hydrogens is 602 g/mol. The van der Waals surface area contributed by atoms with Crippen LogP contribution < -0.4 is 21.3 Å². The third-order valence-electron chi connectivity index (χ3n) is 7.26. The monoisotopic (exact) mass is 645 g/mol. The molecule has 1 heterocycles. The number of carboxylic acids is 3. The highest BCUT2D eigenvalue weighted by atomic mass is 32.1. The van der Waals surface area contributed by atoms with Crippen molar-refractivity contribution >= 4 is 60.1 Å². The van der Waals surface area contributed by atoms with E-state index >= 15 is 0 Å². The molecule has 44 heavy (non-hydrogen) atoms. The Morgan fingerprint density at radius 1 is 0.818 bits per heavy atom. The van der Waals surface area contributed by atoms with E-state index in [0.717, 1.165) is 0 Å². The van der Waals surface area contributed by atoms with Gasteiger partial charge in [-0.1, -0.05) is 34.1 Å². The fourth-order valence-corrected chi connectivity index (χ4v) is 4.77. The molecule has 1 aliphatic heterocycles. The standard InChI is InChI=1S/C27H43N5O11S/c1-5-14(4)22(31-23(38)15(11-20(36)37)28-18(33)8-9-19(34)35)25(40)30-21(13(2)3)26(41)32-10-6-7-17(32)24(39)29-16(12-44)27(42)43/h13-17,21-22,44H,5-12H2,1-4H3,(H,28,33)(H,29,39)(H,30,40)(H,31,38)(H,34,35)(H,36,37)(H,42,43)/t14-,15-,16-,17-,21-,22-/m0/s1. The third-order valence-corrected chi connectivity index (χ3v) is 7.62. The van der Waals surface area contributed by atoms with Gasteiger partial charge in [-0.3, -0.25) is 33.6 Å². The van der Waals surface area contributed by atoms with Gasteiger partial charge >= 0.3 is 17.9 Å². The summed E-state index contributed by atoms with van der Waals surface area (Å²) in [7, 11) is 0. The van der Waals surface area contributed by atoms with Crippen molar-refractivity contribution in [2.45, 2.75) is 96.4 Å². The zero-order valence-corrected chi connectivity index (χ0v) is 26.1. The molecule has 0 aromatic rings. The molecule has 5 amide bonds. The van der Waals surface area contributed by atoms with Crippen LogP contribution in [0.25, 0.3) is 0 Å². The largest absolute Gasteiger partial charge is 0.481 e. The minimum absolute atomic E-state index is 0.158. The molecule has 1 fully saturated rings. The quantitative estimate of drug-likeness (QED) is 0.0837. The van der Waals surface area contributed by atoms with Gasteiger partial charge in [-0.15, -0.1) is 0 Å². The van der Waals surface area contributed by atoms with E-state index in [1.54, 1.807) is 27.7 Å². The number of nitrogens with one attached hydrogen (secondary N) is 4. The minimum atomic E-state index is -1.61. The van der Waals surface area contributed by atoms with Crippen LogP contribution in [0.5, 0.6) is 0 Å². The van der Waals surface area contributed by atoms with Crippen LogP contribution in [0.2, 0.25) is 0 Å². The molecule has 16 nitrogen and oxygen atoms in total. The van der Waals surface area contributed by atoms with E-state index in [9.17, 15) is 48.6 Å². The Hall–Kier alpha value is -3.89. The van der Waals surface area contributed by atoms with Crippen molar-refractivity contribution in [2.24, 2.45) is 11.8 Å². The number of carboxylic acid groups (broad SMARTS) is 3. The average molecular weight is 646 g/mol. The zero-order chi connectivity index (χ0) is 33.7. The average Bonchev–Trinajstić information content (AvgIpc) is 3.44.